The maximum atomic E-state index is 13.1. The SMILES string of the molecule is Cc1ccc(NC(=O)CSc2nc3ccc(NC(=O)CSc4nnc(Cc5cccc6ccccc56)n4-c4ccccc4)cc3s2)cc1Cl. The fourth-order valence-electron chi connectivity index (χ4n) is 5.33. The maximum Gasteiger partial charge on any atom is 0.234 e. The molecule has 2 amide bonds. The molecule has 7 aromatic rings. The number of fused-ring (bicyclic) bond motifs is 2. The maximum absolute atomic E-state index is 13.1. The normalized spacial score (nSPS) is 11.2. The first kappa shape index (κ1) is 32.8. The van der Waals surface area contributed by atoms with E-state index in [2.05, 4.69) is 56.1 Å². The number of amides is 2. The summed E-state index contributed by atoms with van der Waals surface area (Å²) >= 11 is 10.4. The number of aryl methyl sites for hydroxylation is 1. The van der Waals surface area contributed by atoms with Gasteiger partial charge in [-0.15, -0.1) is 21.5 Å². The van der Waals surface area contributed by atoms with Gasteiger partial charge in [0.15, 0.2) is 9.50 Å². The summed E-state index contributed by atoms with van der Waals surface area (Å²) in [6.07, 6.45) is 0.595. The van der Waals surface area contributed by atoms with E-state index in [1.807, 2.05) is 84.3 Å². The van der Waals surface area contributed by atoms with Crippen LogP contribution in [0.4, 0.5) is 11.4 Å². The summed E-state index contributed by atoms with van der Waals surface area (Å²) in [4.78, 5) is 30.3. The number of thiazole rings is 1. The van der Waals surface area contributed by atoms with Gasteiger partial charge in [-0.1, -0.05) is 102 Å². The third-order valence-corrected chi connectivity index (χ3v) is 11.2. The first-order valence-corrected chi connectivity index (χ1v) is 18.5. The van der Waals surface area contributed by atoms with E-state index in [4.69, 9.17) is 11.6 Å². The zero-order valence-electron chi connectivity index (χ0n) is 26.2. The van der Waals surface area contributed by atoms with Gasteiger partial charge in [-0.2, -0.15) is 0 Å². The molecule has 8 nitrogen and oxygen atoms in total. The molecule has 0 aliphatic heterocycles. The fraction of sp³-hybridized carbons (Fsp3) is 0.108. The highest BCUT2D eigenvalue weighted by atomic mass is 35.5. The second kappa shape index (κ2) is 14.8. The number of benzene rings is 5. The number of hydrogen-bond acceptors (Lipinski definition) is 8. The summed E-state index contributed by atoms with van der Waals surface area (Å²) in [6.45, 7) is 1.91. The Morgan fingerprint density at radius 1 is 0.796 bits per heavy atom. The minimum atomic E-state index is -0.158. The van der Waals surface area contributed by atoms with Crippen LogP contribution >= 0.6 is 46.5 Å². The molecule has 0 bridgehead atoms. The van der Waals surface area contributed by atoms with E-state index in [-0.39, 0.29) is 23.3 Å². The van der Waals surface area contributed by atoms with Crippen molar-refractivity contribution in [3.8, 4) is 5.69 Å². The van der Waals surface area contributed by atoms with Gasteiger partial charge in [0.1, 0.15) is 5.82 Å². The van der Waals surface area contributed by atoms with Gasteiger partial charge in [0.25, 0.3) is 0 Å². The lowest BCUT2D eigenvalue weighted by atomic mass is 10.0. The summed E-state index contributed by atoms with van der Waals surface area (Å²) in [5, 5.41) is 18.6. The first-order chi connectivity index (χ1) is 23.9. The van der Waals surface area contributed by atoms with Crippen LogP contribution in [0.2, 0.25) is 5.02 Å². The number of anilines is 2. The van der Waals surface area contributed by atoms with E-state index in [9.17, 15) is 9.59 Å². The van der Waals surface area contributed by atoms with E-state index in [1.54, 1.807) is 6.07 Å². The van der Waals surface area contributed by atoms with Crippen LogP contribution in [0.5, 0.6) is 0 Å². The molecule has 0 spiro atoms. The van der Waals surface area contributed by atoms with Gasteiger partial charge >= 0.3 is 0 Å². The van der Waals surface area contributed by atoms with Crippen molar-refractivity contribution >= 4 is 90.6 Å². The molecule has 0 aliphatic rings. The van der Waals surface area contributed by atoms with E-state index in [1.165, 1.54) is 45.6 Å². The van der Waals surface area contributed by atoms with E-state index in [0.717, 1.165) is 37.2 Å². The number of thioether (sulfide) groups is 2. The fourth-order valence-corrected chi connectivity index (χ4v) is 8.19. The average molecular weight is 721 g/mol. The number of nitrogens with zero attached hydrogens (tertiary/aromatic N) is 4. The number of aromatic nitrogens is 4. The molecular weight excluding hydrogens is 692 g/mol. The molecule has 7 rings (SSSR count). The van der Waals surface area contributed by atoms with Gasteiger partial charge in [0.2, 0.25) is 11.8 Å². The van der Waals surface area contributed by atoms with Crippen molar-refractivity contribution in [3.05, 3.63) is 131 Å². The van der Waals surface area contributed by atoms with Crippen LogP contribution in [0.3, 0.4) is 0 Å². The smallest absolute Gasteiger partial charge is 0.234 e. The number of halogens is 1. The molecule has 0 saturated carbocycles. The molecule has 5 aromatic carbocycles. The number of carbonyl (C=O) groups is 2. The van der Waals surface area contributed by atoms with Crippen LogP contribution in [0.15, 0.2) is 119 Å². The number of hydrogen-bond donors (Lipinski definition) is 2. The van der Waals surface area contributed by atoms with Crippen LogP contribution in [0, 0.1) is 6.92 Å². The molecule has 0 radical (unpaired) electrons. The van der Waals surface area contributed by atoms with Crippen molar-refractivity contribution in [2.24, 2.45) is 0 Å². The molecule has 0 saturated heterocycles. The number of carbonyl (C=O) groups excluding carboxylic acids is 2. The Kier molecular flexibility index (Phi) is 9.94. The molecule has 0 atom stereocenters. The molecular formula is C37H29ClN6O2S3. The van der Waals surface area contributed by atoms with E-state index in [0.29, 0.717) is 28.0 Å². The molecule has 0 aliphatic carbocycles. The van der Waals surface area contributed by atoms with Crippen LogP contribution in [0.25, 0.3) is 26.7 Å². The largest absolute Gasteiger partial charge is 0.325 e. The highest BCUT2D eigenvalue weighted by Gasteiger charge is 2.18. The van der Waals surface area contributed by atoms with Gasteiger partial charge in [-0.25, -0.2) is 4.98 Å². The van der Waals surface area contributed by atoms with Crippen LogP contribution < -0.4 is 10.6 Å². The molecule has 244 valence electrons. The summed E-state index contributed by atoms with van der Waals surface area (Å²) in [5.41, 5.74) is 5.19. The van der Waals surface area contributed by atoms with E-state index >= 15 is 0 Å². The van der Waals surface area contributed by atoms with Crippen molar-refractivity contribution in [2.75, 3.05) is 22.1 Å². The Labute approximate surface area is 300 Å². The third-order valence-electron chi connectivity index (χ3n) is 7.71. The monoisotopic (exact) mass is 720 g/mol. The predicted octanol–water partition coefficient (Wildman–Crippen LogP) is 9.04. The standard InChI is InChI=1S/C37H29ClN6O2S3/c1-23-14-15-26(19-30(23)38)39-35(46)22-48-37-41-31-17-16-27(20-32(31)49-37)40-34(45)21-47-36-43-42-33(44(36)28-11-3-2-4-12-28)18-25-10-7-9-24-8-5-6-13-29(24)25/h2-17,19-20H,18,21-22H2,1H3,(H,39,46)(H,40,45). The van der Waals surface area contributed by atoms with Gasteiger partial charge in [-0.3, -0.25) is 14.2 Å². The number of nitrogens with one attached hydrogen (secondary N) is 2. The van der Waals surface area contributed by atoms with Crippen molar-refractivity contribution in [1.82, 2.24) is 19.7 Å². The molecule has 2 N–H and O–H groups in total. The number of para-hydroxylation sites is 1. The molecule has 12 heteroatoms. The third kappa shape index (κ3) is 7.81. The molecule has 49 heavy (non-hydrogen) atoms. The molecule has 2 aromatic heterocycles. The highest BCUT2D eigenvalue weighted by Crippen LogP contribution is 2.32. The first-order valence-electron chi connectivity index (χ1n) is 15.4. The molecule has 0 fully saturated rings. The Morgan fingerprint density at radius 2 is 1.51 bits per heavy atom. The van der Waals surface area contributed by atoms with Crippen molar-refractivity contribution in [3.63, 3.8) is 0 Å². The van der Waals surface area contributed by atoms with Crippen LogP contribution in [0.1, 0.15) is 17.0 Å². The molecule has 2 heterocycles. The summed E-state index contributed by atoms with van der Waals surface area (Å²) in [6, 6.07) is 35.6. The summed E-state index contributed by atoms with van der Waals surface area (Å²) in [7, 11) is 0. The van der Waals surface area contributed by atoms with Gasteiger partial charge in [-0.05, 0) is 71.3 Å². The van der Waals surface area contributed by atoms with Crippen molar-refractivity contribution in [1.29, 1.82) is 0 Å². The van der Waals surface area contributed by atoms with Gasteiger partial charge in [0.05, 0.1) is 21.7 Å². The zero-order valence-corrected chi connectivity index (χ0v) is 29.4. The Balaban J connectivity index is 0.997. The van der Waals surface area contributed by atoms with Crippen LogP contribution in [-0.4, -0.2) is 43.1 Å². The second-order valence-electron chi connectivity index (χ2n) is 11.2. The van der Waals surface area contributed by atoms with Crippen molar-refractivity contribution in [2.45, 2.75) is 22.8 Å². The predicted molar refractivity (Wildman–Crippen MR) is 203 cm³/mol. The highest BCUT2D eigenvalue weighted by molar-refractivity contribution is 8.01. The van der Waals surface area contributed by atoms with Crippen LogP contribution in [-0.2, 0) is 16.0 Å². The number of rotatable bonds is 11. The van der Waals surface area contributed by atoms with E-state index < -0.39 is 0 Å². The Morgan fingerprint density at radius 3 is 2.33 bits per heavy atom. The lowest BCUT2D eigenvalue weighted by Gasteiger charge is -2.11. The lowest BCUT2D eigenvalue weighted by Crippen LogP contribution is -2.14. The summed E-state index contributed by atoms with van der Waals surface area (Å²) < 4.78 is 3.71. The quantitative estimate of drug-likeness (QED) is 0.129. The van der Waals surface area contributed by atoms with Gasteiger partial charge in [0, 0.05) is 28.5 Å². The zero-order chi connectivity index (χ0) is 33.7. The minimum absolute atomic E-state index is 0.140. The Bertz CT molecular complexity index is 2300. The van der Waals surface area contributed by atoms with Crippen molar-refractivity contribution < 1.29 is 9.59 Å². The lowest BCUT2D eigenvalue weighted by molar-refractivity contribution is -0.114. The topological polar surface area (TPSA) is 102 Å². The molecule has 0 unspecified atom stereocenters. The minimum Gasteiger partial charge on any atom is -0.325 e. The summed E-state index contributed by atoms with van der Waals surface area (Å²) in [5.74, 6) is 0.867. The second-order valence-corrected chi connectivity index (χ2v) is 14.8. The van der Waals surface area contributed by atoms with Gasteiger partial charge < -0.3 is 10.6 Å². The Hall–Kier alpha value is -4.68. The average Bonchev–Trinajstić information content (AvgIpc) is 3.72.